The van der Waals surface area contributed by atoms with Crippen LogP contribution in [0.4, 0.5) is 20.4 Å². The first-order valence-corrected chi connectivity index (χ1v) is 11.4. The summed E-state index contributed by atoms with van der Waals surface area (Å²) in [5.74, 6) is -3.40. The number of nitrogens with one attached hydrogen (secondary N) is 1. The molecule has 12 heteroatoms. The van der Waals surface area contributed by atoms with Crippen molar-refractivity contribution in [2.45, 2.75) is 38.7 Å². The van der Waals surface area contributed by atoms with Gasteiger partial charge in [-0.2, -0.15) is 0 Å². The molecule has 0 bridgehead atoms. The molecule has 3 aromatic heterocycles. The monoisotopic (exact) mass is 501 g/mol. The number of aromatic carboxylic acids is 1. The smallest absolute Gasteiger partial charge is 0.356 e. The average molecular weight is 502 g/mol. The minimum absolute atomic E-state index is 0.0780. The van der Waals surface area contributed by atoms with E-state index in [1.807, 2.05) is 30.9 Å². The number of aryl methyl sites for hydroxylation is 1. The van der Waals surface area contributed by atoms with Gasteiger partial charge in [-0.1, -0.05) is 17.7 Å². The molecular weight excluding hydrogens is 480 g/mol. The van der Waals surface area contributed by atoms with Crippen molar-refractivity contribution in [2.75, 3.05) is 23.3 Å². The fourth-order valence-corrected chi connectivity index (χ4v) is 4.58. The fourth-order valence-electron chi connectivity index (χ4n) is 4.43. The molecule has 2 N–H and O–H groups in total. The molecule has 0 spiro atoms. The van der Waals surface area contributed by atoms with Crippen molar-refractivity contribution < 1.29 is 18.7 Å². The minimum Gasteiger partial charge on any atom is -0.476 e. The Kier molecular flexibility index (Phi) is 5.66. The standard InChI is InChI=1S/C23H22ClF2N7O2/c1-12-9-14(13(2)28-16-3-4-17(24)29-19(16)21(34)35)18-15(10-12)20-31-27-11-33(20)22(30-18)32-7-5-23(25,26)6-8-32/h3-4,9-11,13,28H,5-8H2,1-2H3,(H,34,35). The molecule has 1 saturated heterocycles. The number of hydrogen-bond donors (Lipinski definition) is 2. The summed E-state index contributed by atoms with van der Waals surface area (Å²) in [6.07, 6.45) is 1.03. The molecule has 1 aliphatic rings. The normalized spacial score (nSPS) is 16.5. The first kappa shape index (κ1) is 23.2. The van der Waals surface area contributed by atoms with E-state index in [1.165, 1.54) is 12.4 Å². The molecular formula is C23H22ClF2N7O2. The second-order valence-corrected chi connectivity index (χ2v) is 9.12. The summed E-state index contributed by atoms with van der Waals surface area (Å²) < 4.78 is 29.3. The van der Waals surface area contributed by atoms with E-state index in [4.69, 9.17) is 16.6 Å². The lowest BCUT2D eigenvalue weighted by Crippen LogP contribution is -2.40. The zero-order valence-electron chi connectivity index (χ0n) is 19.0. The molecule has 182 valence electrons. The second kappa shape index (κ2) is 8.56. The fraction of sp³-hybridized carbons (Fsp3) is 0.348. The summed E-state index contributed by atoms with van der Waals surface area (Å²) in [6.45, 7) is 4.14. The summed E-state index contributed by atoms with van der Waals surface area (Å²) in [7, 11) is 0. The molecule has 0 radical (unpaired) electrons. The third-order valence-corrected chi connectivity index (χ3v) is 6.39. The van der Waals surface area contributed by atoms with E-state index in [0.717, 1.165) is 16.5 Å². The van der Waals surface area contributed by atoms with Crippen LogP contribution in [-0.4, -0.2) is 54.7 Å². The molecule has 1 atom stereocenters. The molecule has 5 rings (SSSR count). The van der Waals surface area contributed by atoms with Crippen molar-refractivity contribution in [2.24, 2.45) is 0 Å². The van der Waals surface area contributed by atoms with Crippen LogP contribution in [0.15, 0.2) is 30.6 Å². The molecule has 0 saturated carbocycles. The molecule has 35 heavy (non-hydrogen) atoms. The third kappa shape index (κ3) is 4.31. The lowest BCUT2D eigenvalue weighted by molar-refractivity contribution is -0.0222. The number of halogens is 3. The molecule has 1 fully saturated rings. The van der Waals surface area contributed by atoms with Gasteiger partial charge in [0.2, 0.25) is 5.95 Å². The van der Waals surface area contributed by atoms with E-state index in [0.29, 0.717) is 22.8 Å². The second-order valence-electron chi connectivity index (χ2n) is 8.73. The number of benzene rings is 1. The van der Waals surface area contributed by atoms with Gasteiger partial charge in [0.05, 0.1) is 17.2 Å². The Morgan fingerprint density at radius 3 is 2.69 bits per heavy atom. The Hall–Kier alpha value is -3.60. The Bertz CT molecular complexity index is 1450. The third-order valence-electron chi connectivity index (χ3n) is 6.18. The van der Waals surface area contributed by atoms with Crippen LogP contribution in [0.3, 0.4) is 0 Å². The van der Waals surface area contributed by atoms with Crippen LogP contribution >= 0.6 is 11.6 Å². The number of fused-ring (bicyclic) bond motifs is 3. The molecule has 1 unspecified atom stereocenters. The van der Waals surface area contributed by atoms with Crippen LogP contribution in [0, 0.1) is 6.92 Å². The van der Waals surface area contributed by atoms with Crippen LogP contribution in [0.1, 0.15) is 47.4 Å². The van der Waals surface area contributed by atoms with Gasteiger partial charge in [0.1, 0.15) is 11.5 Å². The number of carbonyl (C=O) groups is 1. The first-order valence-electron chi connectivity index (χ1n) is 11.1. The van der Waals surface area contributed by atoms with Crippen molar-refractivity contribution in [1.82, 2.24) is 24.6 Å². The summed E-state index contributed by atoms with van der Waals surface area (Å²) in [4.78, 5) is 22.3. The minimum atomic E-state index is -2.69. The number of piperidine rings is 1. The number of hydrogen-bond acceptors (Lipinski definition) is 7. The lowest BCUT2D eigenvalue weighted by atomic mass is 10.0. The predicted octanol–water partition coefficient (Wildman–Crippen LogP) is 4.74. The predicted molar refractivity (Wildman–Crippen MR) is 128 cm³/mol. The first-order chi connectivity index (χ1) is 16.6. The molecule has 0 amide bonds. The Labute approximate surface area is 203 Å². The van der Waals surface area contributed by atoms with Gasteiger partial charge in [0, 0.05) is 36.9 Å². The van der Waals surface area contributed by atoms with Gasteiger partial charge in [-0.05, 0) is 37.6 Å². The van der Waals surface area contributed by atoms with Gasteiger partial charge in [-0.3, -0.25) is 4.40 Å². The zero-order chi connectivity index (χ0) is 24.9. The van der Waals surface area contributed by atoms with E-state index in [9.17, 15) is 18.7 Å². The van der Waals surface area contributed by atoms with Crippen LogP contribution in [-0.2, 0) is 0 Å². The lowest BCUT2D eigenvalue weighted by Gasteiger charge is -2.32. The highest BCUT2D eigenvalue weighted by molar-refractivity contribution is 6.29. The van der Waals surface area contributed by atoms with Gasteiger partial charge in [0.15, 0.2) is 11.3 Å². The molecule has 4 heterocycles. The van der Waals surface area contributed by atoms with Crippen molar-refractivity contribution in [1.29, 1.82) is 0 Å². The average Bonchev–Trinajstić information content (AvgIpc) is 3.30. The van der Waals surface area contributed by atoms with Crippen molar-refractivity contribution >= 4 is 45.8 Å². The number of anilines is 2. The number of aromatic nitrogens is 5. The van der Waals surface area contributed by atoms with E-state index in [-0.39, 0.29) is 42.8 Å². The summed E-state index contributed by atoms with van der Waals surface area (Å²) in [5, 5.41) is 21.9. The summed E-state index contributed by atoms with van der Waals surface area (Å²) >= 11 is 5.89. The highest BCUT2D eigenvalue weighted by atomic mass is 35.5. The molecule has 1 aromatic carbocycles. The Morgan fingerprint density at radius 1 is 1.23 bits per heavy atom. The quantitative estimate of drug-likeness (QED) is 0.377. The van der Waals surface area contributed by atoms with Crippen LogP contribution < -0.4 is 10.2 Å². The Morgan fingerprint density at radius 2 is 1.97 bits per heavy atom. The number of alkyl halides is 2. The van der Waals surface area contributed by atoms with Gasteiger partial charge in [-0.25, -0.2) is 23.5 Å². The van der Waals surface area contributed by atoms with Crippen molar-refractivity contribution in [3.63, 3.8) is 0 Å². The largest absolute Gasteiger partial charge is 0.476 e. The maximum absolute atomic E-state index is 13.8. The topological polar surface area (TPSA) is 109 Å². The summed E-state index contributed by atoms with van der Waals surface area (Å²) in [6, 6.07) is 6.60. The number of carboxylic acid groups (broad SMARTS) is 1. The highest BCUT2D eigenvalue weighted by Crippen LogP contribution is 2.34. The van der Waals surface area contributed by atoms with Crippen LogP contribution in [0.25, 0.3) is 16.6 Å². The molecule has 4 aromatic rings. The van der Waals surface area contributed by atoms with Crippen molar-refractivity contribution in [3.8, 4) is 0 Å². The van der Waals surface area contributed by atoms with Crippen LogP contribution in [0.2, 0.25) is 5.15 Å². The highest BCUT2D eigenvalue weighted by Gasteiger charge is 2.35. The van der Waals surface area contributed by atoms with Gasteiger partial charge in [-0.15, -0.1) is 10.2 Å². The van der Waals surface area contributed by atoms with Gasteiger partial charge >= 0.3 is 5.97 Å². The molecule has 0 aliphatic carbocycles. The maximum atomic E-state index is 13.8. The van der Waals surface area contributed by atoms with E-state index in [1.54, 1.807) is 10.5 Å². The molecule has 9 nitrogen and oxygen atoms in total. The van der Waals surface area contributed by atoms with E-state index < -0.39 is 11.9 Å². The van der Waals surface area contributed by atoms with Gasteiger partial charge < -0.3 is 15.3 Å². The van der Waals surface area contributed by atoms with Crippen LogP contribution in [0.5, 0.6) is 0 Å². The van der Waals surface area contributed by atoms with Gasteiger partial charge in [0.25, 0.3) is 5.92 Å². The number of carboxylic acids is 1. The summed E-state index contributed by atoms with van der Waals surface area (Å²) in [5.41, 5.74) is 3.06. The zero-order valence-corrected chi connectivity index (χ0v) is 19.7. The van der Waals surface area contributed by atoms with E-state index in [2.05, 4.69) is 20.5 Å². The SMILES string of the molecule is Cc1cc(C(C)Nc2ccc(Cl)nc2C(=O)O)c2nc(N3CCC(F)(F)CC3)n3cnnc3c2c1. The Balaban J connectivity index is 1.62. The van der Waals surface area contributed by atoms with E-state index >= 15 is 0 Å². The van der Waals surface area contributed by atoms with Crippen molar-refractivity contribution in [3.05, 3.63) is 52.6 Å². The maximum Gasteiger partial charge on any atom is 0.356 e. The molecule has 1 aliphatic heterocycles. The number of rotatable bonds is 5. The number of nitrogens with zero attached hydrogens (tertiary/aromatic N) is 6. The number of pyridine rings is 1.